The lowest BCUT2D eigenvalue weighted by Crippen LogP contribution is -2.27. The van der Waals surface area contributed by atoms with Crippen LogP contribution in [-0.4, -0.2) is 27.8 Å². The van der Waals surface area contributed by atoms with Crippen molar-refractivity contribution >= 4 is 22.6 Å². The van der Waals surface area contributed by atoms with Gasteiger partial charge in [-0.05, 0) is 28.7 Å². The summed E-state index contributed by atoms with van der Waals surface area (Å²) in [7, 11) is 0. The lowest BCUT2D eigenvalue weighted by atomic mass is 10.1. The molecule has 0 aliphatic rings. The second-order valence-electron chi connectivity index (χ2n) is 2.52. The van der Waals surface area contributed by atoms with Gasteiger partial charge in [0.15, 0.2) is 0 Å². The molecule has 12 heavy (non-hydrogen) atoms. The van der Waals surface area contributed by atoms with Crippen molar-refractivity contribution in [3.05, 3.63) is 21.5 Å². The van der Waals surface area contributed by atoms with Crippen molar-refractivity contribution in [2.24, 2.45) is 5.73 Å². The van der Waals surface area contributed by atoms with E-state index in [0.717, 1.165) is 3.57 Å². The van der Waals surface area contributed by atoms with Crippen LogP contribution in [0.3, 0.4) is 0 Å². The summed E-state index contributed by atoms with van der Waals surface area (Å²) >= 11 is 2.11. The predicted molar refractivity (Wildman–Crippen MR) is 53.5 cm³/mol. The van der Waals surface area contributed by atoms with Crippen LogP contribution in [0.15, 0.2) is 12.3 Å². The van der Waals surface area contributed by atoms with Crippen LogP contribution in [-0.2, 0) is 0 Å². The van der Waals surface area contributed by atoms with E-state index in [9.17, 15) is 10.2 Å². The van der Waals surface area contributed by atoms with Gasteiger partial charge in [-0.1, -0.05) is 0 Å². The molecule has 1 heterocycles. The van der Waals surface area contributed by atoms with E-state index in [1.165, 1.54) is 0 Å². The van der Waals surface area contributed by atoms with Gasteiger partial charge in [0.1, 0.15) is 6.10 Å². The molecule has 0 aromatic carbocycles. The molecule has 5 N–H and O–H groups in total. The van der Waals surface area contributed by atoms with Crippen LogP contribution in [0.1, 0.15) is 11.8 Å². The van der Waals surface area contributed by atoms with E-state index in [-0.39, 0.29) is 6.54 Å². The predicted octanol–water partition coefficient (Wildman–Crippen LogP) is -0.0277. The zero-order chi connectivity index (χ0) is 9.14. The number of H-pyrrole nitrogens is 1. The topological polar surface area (TPSA) is 82.3 Å². The highest BCUT2D eigenvalue weighted by Gasteiger charge is 2.17. The number of aromatic nitrogens is 1. The van der Waals surface area contributed by atoms with Crippen molar-refractivity contribution < 1.29 is 10.2 Å². The average Bonchev–Trinajstić information content (AvgIpc) is 2.49. The number of aliphatic hydroxyl groups excluding tert-OH is 2. The van der Waals surface area contributed by atoms with Crippen molar-refractivity contribution in [3.63, 3.8) is 0 Å². The maximum atomic E-state index is 9.44. The molecule has 5 heteroatoms. The van der Waals surface area contributed by atoms with E-state index >= 15 is 0 Å². The highest BCUT2D eigenvalue weighted by Crippen LogP contribution is 2.16. The van der Waals surface area contributed by atoms with Crippen molar-refractivity contribution in [3.8, 4) is 0 Å². The van der Waals surface area contributed by atoms with Crippen LogP contribution in [0.25, 0.3) is 0 Å². The van der Waals surface area contributed by atoms with E-state index in [2.05, 4.69) is 27.6 Å². The van der Waals surface area contributed by atoms with Gasteiger partial charge < -0.3 is 20.9 Å². The number of halogens is 1. The van der Waals surface area contributed by atoms with Crippen LogP contribution >= 0.6 is 22.6 Å². The first-order valence-electron chi connectivity index (χ1n) is 3.55. The van der Waals surface area contributed by atoms with Gasteiger partial charge in [0.25, 0.3) is 0 Å². The van der Waals surface area contributed by atoms with E-state index in [1.807, 2.05) is 0 Å². The van der Waals surface area contributed by atoms with Crippen LogP contribution in [0.4, 0.5) is 0 Å². The third kappa shape index (κ3) is 2.19. The zero-order valence-corrected chi connectivity index (χ0v) is 8.52. The number of nitrogens with two attached hydrogens (primary N) is 1. The quantitative estimate of drug-likeness (QED) is 0.588. The van der Waals surface area contributed by atoms with Gasteiger partial charge >= 0.3 is 0 Å². The van der Waals surface area contributed by atoms with E-state index in [4.69, 9.17) is 5.73 Å². The Hall–Kier alpha value is -0.110. The van der Waals surface area contributed by atoms with Gasteiger partial charge in [0.2, 0.25) is 0 Å². The molecule has 0 radical (unpaired) electrons. The molecule has 0 amide bonds. The van der Waals surface area contributed by atoms with E-state index in [0.29, 0.717) is 5.69 Å². The second kappa shape index (κ2) is 4.22. The summed E-state index contributed by atoms with van der Waals surface area (Å²) in [6.07, 6.45) is -0.0690. The Bertz CT molecular complexity index is 251. The van der Waals surface area contributed by atoms with Gasteiger partial charge in [-0.3, -0.25) is 0 Å². The third-order valence-electron chi connectivity index (χ3n) is 1.59. The van der Waals surface area contributed by atoms with Gasteiger partial charge in [-0.25, -0.2) is 0 Å². The largest absolute Gasteiger partial charge is 0.389 e. The summed E-state index contributed by atoms with van der Waals surface area (Å²) in [6, 6.07) is 1.77. The Labute approximate surface area is 83.9 Å². The highest BCUT2D eigenvalue weighted by atomic mass is 127. The summed E-state index contributed by atoms with van der Waals surface area (Å²) in [5.74, 6) is 0. The standard InChI is InChI=1S/C7H11IN2O2/c8-4-1-5(10-3-4)7(12)6(11)2-9/h1,3,6-7,10-12H,2,9H2. The first kappa shape index (κ1) is 9.97. The van der Waals surface area contributed by atoms with Gasteiger partial charge in [0, 0.05) is 22.0 Å². The lowest BCUT2D eigenvalue weighted by molar-refractivity contribution is 0.0220. The van der Waals surface area contributed by atoms with Gasteiger partial charge in [-0.2, -0.15) is 0 Å². The highest BCUT2D eigenvalue weighted by molar-refractivity contribution is 14.1. The van der Waals surface area contributed by atoms with Crippen molar-refractivity contribution in [2.75, 3.05) is 6.54 Å². The Morgan fingerprint density at radius 1 is 1.58 bits per heavy atom. The fourth-order valence-corrected chi connectivity index (χ4v) is 1.38. The number of aromatic amines is 1. The Morgan fingerprint density at radius 3 is 2.67 bits per heavy atom. The molecule has 0 spiro atoms. The Kier molecular flexibility index (Phi) is 3.51. The molecule has 1 rings (SSSR count). The molecule has 0 aliphatic heterocycles. The molecule has 0 saturated carbocycles. The summed E-state index contributed by atoms with van der Waals surface area (Å²) in [6.45, 7) is 0.0523. The van der Waals surface area contributed by atoms with Crippen LogP contribution in [0.5, 0.6) is 0 Å². The van der Waals surface area contributed by atoms with Crippen LogP contribution < -0.4 is 5.73 Å². The van der Waals surface area contributed by atoms with Crippen molar-refractivity contribution in [2.45, 2.75) is 12.2 Å². The maximum absolute atomic E-state index is 9.44. The average molecular weight is 282 g/mol. The minimum Gasteiger partial charge on any atom is -0.389 e. The summed E-state index contributed by atoms with van der Waals surface area (Å²) in [5.41, 5.74) is 5.79. The number of aliphatic hydroxyl groups is 2. The SMILES string of the molecule is NCC(O)C(O)c1cc(I)c[nH]1. The fraction of sp³-hybridized carbons (Fsp3) is 0.429. The van der Waals surface area contributed by atoms with E-state index in [1.54, 1.807) is 12.3 Å². The first-order chi connectivity index (χ1) is 5.65. The minimum absolute atomic E-state index is 0.0523. The number of hydrogen-bond acceptors (Lipinski definition) is 3. The molecule has 68 valence electrons. The molecule has 1 aromatic heterocycles. The minimum atomic E-state index is -0.918. The van der Waals surface area contributed by atoms with Crippen molar-refractivity contribution in [1.29, 1.82) is 0 Å². The van der Waals surface area contributed by atoms with Gasteiger partial charge in [0.05, 0.1) is 6.10 Å². The smallest absolute Gasteiger partial charge is 0.121 e. The third-order valence-corrected chi connectivity index (χ3v) is 2.22. The molecule has 0 saturated heterocycles. The van der Waals surface area contributed by atoms with Gasteiger partial charge in [-0.15, -0.1) is 0 Å². The maximum Gasteiger partial charge on any atom is 0.121 e. The molecular formula is C7H11IN2O2. The first-order valence-corrected chi connectivity index (χ1v) is 4.63. The Morgan fingerprint density at radius 2 is 2.25 bits per heavy atom. The lowest BCUT2D eigenvalue weighted by Gasteiger charge is -2.13. The second-order valence-corrected chi connectivity index (χ2v) is 3.77. The number of rotatable bonds is 3. The molecule has 2 unspecified atom stereocenters. The normalized spacial score (nSPS) is 16.0. The van der Waals surface area contributed by atoms with Crippen molar-refractivity contribution in [1.82, 2.24) is 4.98 Å². The monoisotopic (exact) mass is 282 g/mol. The molecule has 0 bridgehead atoms. The Balaban J connectivity index is 2.70. The number of nitrogens with one attached hydrogen (secondary N) is 1. The molecular weight excluding hydrogens is 271 g/mol. The molecule has 4 nitrogen and oxygen atoms in total. The summed E-state index contributed by atoms with van der Waals surface area (Å²) in [5, 5.41) is 18.6. The fourth-order valence-electron chi connectivity index (χ4n) is 0.891. The molecule has 2 atom stereocenters. The zero-order valence-electron chi connectivity index (χ0n) is 6.37. The van der Waals surface area contributed by atoms with Crippen LogP contribution in [0, 0.1) is 3.57 Å². The number of hydrogen-bond donors (Lipinski definition) is 4. The molecule has 1 aromatic rings. The van der Waals surface area contributed by atoms with E-state index < -0.39 is 12.2 Å². The molecule has 0 fully saturated rings. The summed E-state index contributed by atoms with van der Waals surface area (Å²) < 4.78 is 0.992. The summed E-state index contributed by atoms with van der Waals surface area (Å²) in [4.78, 5) is 2.85. The molecule has 0 aliphatic carbocycles. The van der Waals surface area contributed by atoms with Crippen LogP contribution in [0.2, 0.25) is 0 Å².